The third kappa shape index (κ3) is 6.08. The monoisotopic (exact) mass is 459 g/mol. The van der Waals surface area contributed by atoms with Gasteiger partial charge in [0.25, 0.3) is 0 Å². The van der Waals surface area contributed by atoms with Gasteiger partial charge in [0, 0.05) is 32.1 Å². The minimum atomic E-state index is -0.00651. The van der Waals surface area contributed by atoms with Crippen molar-refractivity contribution in [1.82, 2.24) is 20.5 Å². The van der Waals surface area contributed by atoms with Gasteiger partial charge in [0.05, 0.1) is 18.8 Å². The molecule has 0 bridgehead atoms. The summed E-state index contributed by atoms with van der Waals surface area (Å²) in [6.07, 6.45) is 0. The van der Waals surface area contributed by atoms with Crippen molar-refractivity contribution < 1.29 is 4.79 Å². The van der Waals surface area contributed by atoms with Crippen molar-refractivity contribution in [3.05, 3.63) is 41.4 Å². The molecule has 0 unspecified atom stereocenters. The van der Waals surface area contributed by atoms with E-state index in [-0.39, 0.29) is 36.4 Å². The van der Waals surface area contributed by atoms with Crippen LogP contribution in [0.3, 0.4) is 0 Å². The molecule has 1 aromatic heterocycles. The summed E-state index contributed by atoms with van der Waals surface area (Å²) < 4.78 is 0. The highest BCUT2D eigenvalue weighted by Crippen LogP contribution is 2.22. The van der Waals surface area contributed by atoms with Crippen molar-refractivity contribution in [3.63, 3.8) is 0 Å². The first-order valence-corrected chi connectivity index (χ1v) is 8.12. The summed E-state index contributed by atoms with van der Waals surface area (Å²) in [5.41, 5.74) is 2.05. The van der Waals surface area contributed by atoms with Crippen LogP contribution in [0.4, 0.5) is 0 Å². The van der Waals surface area contributed by atoms with Crippen molar-refractivity contribution in [2.75, 3.05) is 27.7 Å². The van der Waals surface area contributed by atoms with Gasteiger partial charge in [-0.3, -0.25) is 9.79 Å². The SMILES string of the molecule is CN=C(NCC(=O)N(C)C)NCc1csc(-c2ccccc2)n1.I. The van der Waals surface area contributed by atoms with E-state index in [0.717, 1.165) is 16.3 Å². The third-order valence-electron chi connectivity index (χ3n) is 3.14. The van der Waals surface area contributed by atoms with E-state index in [9.17, 15) is 4.79 Å². The zero-order valence-electron chi connectivity index (χ0n) is 13.9. The number of amides is 1. The second-order valence-corrected chi connectivity index (χ2v) is 5.94. The van der Waals surface area contributed by atoms with Crippen molar-refractivity contribution in [3.8, 4) is 10.6 Å². The van der Waals surface area contributed by atoms with Crippen LogP contribution in [0.15, 0.2) is 40.7 Å². The van der Waals surface area contributed by atoms with E-state index in [2.05, 4.69) is 20.6 Å². The maximum absolute atomic E-state index is 11.6. The van der Waals surface area contributed by atoms with Gasteiger partial charge in [-0.05, 0) is 0 Å². The van der Waals surface area contributed by atoms with Gasteiger partial charge in [0.15, 0.2) is 5.96 Å². The first kappa shape index (κ1) is 20.4. The number of halogens is 1. The normalized spacial score (nSPS) is 10.7. The Bertz CT molecular complexity index is 672. The van der Waals surface area contributed by atoms with E-state index in [1.165, 1.54) is 4.90 Å². The van der Waals surface area contributed by atoms with Gasteiger partial charge in [-0.2, -0.15) is 0 Å². The summed E-state index contributed by atoms with van der Waals surface area (Å²) in [5, 5.41) is 9.15. The molecule has 0 aliphatic carbocycles. The molecular formula is C16H22IN5OS. The van der Waals surface area contributed by atoms with Gasteiger partial charge >= 0.3 is 0 Å². The Morgan fingerprint density at radius 1 is 1.25 bits per heavy atom. The summed E-state index contributed by atoms with van der Waals surface area (Å²) in [5.74, 6) is 0.572. The smallest absolute Gasteiger partial charge is 0.241 e. The van der Waals surface area contributed by atoms with E-state index < -0.39 is 0 Å². The van der Waals surface area contributed by atoms with Gasteiger partial charge in [-0.15, -0.1) is 35.3 Å². The molecule has 0 atom stereocenters. The van der Waals surface area contributed by atoms with Gasteiger partial charge in [-0.1, -0.05) is 30.3 Å². The topological polar surface area (TPSA) is 69.6 Å². The van der Waals surface area contributed by atoms with Crippen molar-refractivity contribution in [2.24, 2.45) is 4.99 Å². The molecule has 0 spiro atoms. The fourth-order valence-electron chi connectivity index (χ4n) is 1.81. The zero-order chi connectivity index (χ0) is 16.7. The molecule has 2 rings (SSSR count). The molecular weight excluding hydrogens is 437 g/mol. The second kappa shape index (κ2) is 10.2. The molecule has 0 radical (unpaired) electrons. The molecule has 1 amide bonds. The van der Waals surface area contributed by atoms with Crippen LogP contribution in [0.1, 0.15) is 5.69 Å². The van der Waals surface area contributed by atoms with Gasteiger partial charge in [0.1, 0.15) is 5.01 Å². The number of likely N-dealkylation sites (N-methyl/N-ethyl adjacent to an activating group) is 1. The van der Waals surface area contributed by atoms with Crippen LogP contribution >= 0.6 is 35.3 Å². The number of benzene rings is 1. The summed E-state index contributed by atoms with van der Waals surface area (Å²) in [6, 6.07) is 10.1. The fraction of sp³-hybridized carbons (Fsp3) is 0.312. The number of rotatable bonds is 5. The third-order valence-corrected chi connectivity index (χ3v) is 4.08. The van der Waals surface area contributed by atoms with Crippen LogP contribution in [-0.4, -0.2) is 49.4 Å². The Labute approximate surface area is 163 Å². The Hall–Kier alpha value is -1.68. The fourth-order valence-corrected chi connectivity index (χ4v) is 2.64. The van der Waals surface area contributed by atoms with Crippen LogP contribution in [-0.2, 0) is 11.3 Å². The summed E-state index contributed by atoms with van der Waals surface area (Å²) >= 11 is 1.61. The minimum Gasteiger partial charge on any atom is -0.351 e. The lowest BCUT2D eigenvalue weighted by molar-refractivity contribution is -0.127. The number of aliphatic imine (C=N–C) groups is 1. The average molecular weight is 459 g/mol. The number of hydrogen-bond acceptors (Lipinski definition) is 4. The van der Waals surface area contributed by atoms with Crippen molar-refractivity contribution in [1.29, 1.82) is 0 Å². The molecule has 0 aliphatic heterocycles. The van der Waals surface area contributed by atoms with Crippen LogP contribution in [0, 0.1) is 0 Å². The highest BCUT2D eigenvalue weighted by molar-refractivity contribution is 14.0. The summed E-state index contributed by atoms with van der Waals surface area (Å²) in [4.78, 5) is 21.8. The molecule has 2 aromatic rings. The van der Waals surface area contributed by atoms with Crippen molar-refractivity contribution >= 4 is 47.2 Å². The van der Waals surface area contributed by atoms with E-state index in [1.54, 1.807) is 32.5 Å². The van der Waals surface area contributed by atoms with Crippen LogP contribution in [0.5, 0.6) is 0 Å². The molecule has 2 N–H and O–H groups in total. The molecule has 0 saturated heterocycles. The maximum Gasteiger partial charge on any atom is 0.241 e. The first-order valence-electron chi connectivity index (χ1n) is 7.24. The predicted molar refractivity (Wildman–Crippen MR) is 110 cm³/mol. The largest absolute Gasteiger partial charge is 0.351 e. The van der Waals surface area contributed by atoms with E-state index in [4.69, 9.17) is 0 Å². The first-order chi connectivity index (χ1) is 11.1. The number of guanidine groups is 1. The number of nitrogens with zero attached hydrogens (tertiary/aromatic N) is 3. The van der Waals surface area contributed by atoms with Gasteiger partial charge in [-0.25, -0.2) is 4.98 Å². The Balaban J connectivity index is 0.00000288. The molecule has 1 aromatic carbocycles. The highest BCUT2D eigenvalue weighted by atomic mass is 127. The Morgan fingerprint density at radius 2 is 1.96 bits per heavy atom. The standard InChI is InChI=1S/C16H21N5OS.HI/c1-17-16(19-10-14(22)21(2)3)18-9-13-11-23-15(20-13)12-7-5-4-6-8-12;/h4-8,11H,9-10H2,1-3H3,(H2,17,18,19);1H. The molecule has 0 fully saturated rings. The average Bonchev–Trinajstić information content (AvgIpc) is 3.04. The zero-order valence-corrected chi connectivity index (χ0v) is 17.1. The number of nitrogens with one attached hydrogen (secondary N) is 2. The summed E-state index contributed by atoms with van der Waals surface area (Å²) in [7, 11) is 5.12. The van der Waals surface area contributed by atoms with Crippen LogP contribution < -0.4 is 10.6 Å². The van der Waals surface area contributed by atoms with Gasteiger partial charge < -0.3 is 15.5 Å². The van der Waals surface area contributed by atoms with E-state index in [1.807, 2.05) is 35.7 Å². The summed E-state index contributed by atoms with van der Waals surface area (Å²) in [6.45, 7) is 0.762. The van der Waals surface area contributed by atoms with E-state index >= 15 is 0 Å². The predicted octanol–water partition coefficient (Wildman–Crippen LogP) is 2.18. The molecule has 8 heteroatoms. The molecule has 0 saturated carbocycles. The molecule has 130 valence electrons. The molecule has 24 heavy (non-hydrogen) atoms. The number of carbonyl (C=O) groups excluding carboxylic acids is 1. The highest BCUT2D eigenvalue weighted by Gasteiger charge is 2.07. The Morgan fingerprint density at radius 3 is 2.58 bits per heavy atom. The lowest BCUT2D eigenvalue weighted by Crippen LogP contribution is -2.42. The second-order valence-electron chi connectivity index (χ2n) is 5.08. The van der Waals surface area contributed by atoms with Gasteiger partial charge in [0.2, 0.25) is 5.91 Å². The maximum atomic E-state index is 11.6. The number of carbonyl (C=O) groups is 1. The Kier molecular flexibility index (Phi) is 8.69. The van der Waals surface area contributed by atoms with Crippen LogP contribution in [0.2, 0.25) is 0 Å². The molecule has 1 heterocycles. The quantitative estimate of drug-likeness (QED) is 0.409. The lowest BCUT2D eigenvalue weighted by Gasteiger charge is -2.13. The lowest BCUT2D eigenvalue weighted by atomic mass is 10.2. The molecule has 0 aliphatic rings. The van der Waals surface area contributed by atoms with Crippen LogP contribution in [0.25, 0.3) is 10.6 Å². The van der Waals surface area contributed by atoms with Crippen molar-refractivity contribution in [2.45, 2.75) is 6.54 Å². The number of hydrogen-bond donors (Lipinski definition) is 2. The minimum absolute atomic E-state index is 0. The number of aromatic nitrogens is 1. The molecule has 6 nitrogen and oxygen atoms in total. The number of thiazole rings is 1. The van der Waals surface area contributed by atoms with E-state index in [0.29, 0.717) is 12.5 Å².